The monoisotopic (exact) mass is 368 g/mol. The lowest BCUT2D eigenvalue weighted by Crippen LogP contribution is -2.49. The number of rotatable bonds is 6. The fraction of sp³-hybridized carbons (Fsp3) is 0.550. The number of amides is 1. The molecule has 2 aliphatic heterocycles. The van der Waals surface area contributed by atoms with Crippen molar-refractivity contribution in [3.8, 4) is 0 Å². The van der Waals surface area contributed by atoms with Crippen LogP contribution in [0.15, 0.2) is 43.0 Å². The highest BCUT2D eigenvalue weighted by Gasteiger charge is 2.36. The molecule has 2 aliphatic rings. The van der Waals surface area contributed by atoms with Crippen LogP contribution in [0.5, 0.6) is 0 Å². The molecule has 0 radical (unpaired) electrons. The zero-order chi connectivity index (χ0) is 18.5. The van der Waals surface area contributed by atoms with Crippen LogP contribution in [0.25, 0.3) is 0 Å². The van der Waals surface area contributed by atoms with E-state index >= 15 is 0 Å². The number of carbonyl (C=O) groups excluding carboxylic acids is 1. The molecule has 2 N–H and O–H groups in total. The van der Waals surface area contributed by atoms with Gasteiger partial charge in [0.05, 0.1) is 6.54 Å². The van der Waals surface area contributed by atoms with Crippen LogP contribution in [0, 0.1) is 11.8 Å². The highest BCUT2D eigenvalue weighted by molar-refractivity contribution is 5.76. The van der Waals surface area contributed by atoms with Crippen LogP contribution in [-0.4, -0.2) is 51.2 Å². The molecule has 3 unspecified atom stereocenters. The normalized spacial score (nSPS) is 25.6. The first kappa shape index (κ1) is 18.1. The Bertz CT molecular complexity index is 719. The molecule has 2 aromatic rings. The van der Waals surface area contributed by atoms with Crippen molar-refractivity contribution in [2.24, 2.45) is 11.8 Å². The van der Waals surface area contributed by atoms with Crippen LogP contribution in [0.1, 0.15) is 24.8 Å². The van der Waals surface area contributed by atoms with Gasteiger partial charge in [-0.05, 0) is 36.7 Å². The number of likely N-dealkylation sites (tertiary alicyclic amines) is 1. The molecule has 7 nitrogen and oxygen atoms in total. The molecule has 0 aliphatic carbocycles. The maximum Gasteiger partial charge on any atom is 0.224 e. The molecular formula is C20H28N6O. The molecule has 4 rings (SSSR count). The van der Waals surface area contributed by atoms with E-state index in [2.05, 4.69) is 51.3 Å². The van der Waals surface area contributed by atoms with Crippen molar-refractivity contribution in [2.45, 2.75) is 38.3 Å². The van der Waals surface area contributed by atoms with Gasteiger partial charge in [0.15, 0.2) is 0 Å². The van der Waals surface area contributed by atoms with Crippen LogP contribution < -0.4 is 10.9 Å². The Morgan fingerprint density at radius 3 is 2.96 bits per heavy atom. The lowest BCUT2D eigenvalue weighted by molar-refractivity contribution is -0.133. The van der Waals surface area contributed by atoms with Crippen molar-refractivity contribution >= 4 is 5.91 Å². The van der Waals surface area contributed by atoms with Crippen molar-refractivity contribution < 1.29 is 4.79 Å². The largest absolute Gasteiger partial charge is 0.342 e. The van der Waals surface area contributed by atoms with Gasteiger partial charge in [-0.3, -0.25) is 20.3 Å². The molecule has 7 heteroatoms. The minimum atomic E-state index is 0.223. The number of carbonyl (C=O) groups is 1. The third-order valence-electron chi connectivity index (χ3n) is 5.82. The maximum absolute atomic E-state index is 12.7. The molecule has 0 spiro atoms. The van der Waals surface area contributed by atoms with E-state index in [4.69, 9.17) is 0 Å². The number of aromatic nitrogens is 3. The molecule has 1 aromatic heterocycles. The molecular weight excluding hydrogens is 340 g/mol. The van der Waals surface area contributed by atoms with Gasteiger partial charge in [-0.2, -0.15) is 5.10 Å². The Morgan fingerprint density at radius 1 is 1.26 bits per heavy atom. The van der Waals surface area contributed by atoms with Crippen molar-refractivity contribution in [2.75, 3.05) is 19.6 Å². The van der Waals surface area contributed by atoms with Gasteiger partial charge in [0, 0.05) is 32.1 Å². The number of nitrogens with one attached hydrogen (secondary N) is 2. The van der Waals surface area contributed by atoms with E-state index in [0.717, 1.165) is 32.5 Å². The third-order valence-corrected chi connectivity index (χ3v) is 5.82. The van der Waals surface area contributed by atoms with Gasteiger partial charge < -0.3 is 4.90 Å². The molecule has 3 heterocycles. The average molecular weight is 368 g/mol. The van der Waals surface area contributed by atoms with Gasteiger partial charge >= 0.3 is 0 Å². The molecule has 1 amide bonds. The van der Waals surface area contributed by atoms with Crippen LogP contribution >= 0.6 is 0 Å². The van der Waals surface area contributed by atoms with Gasteiger partial charge in [-0.15, -0.1) is 0 Å². The summed E-state index contributed by atoms with van der Waals surface area (Å²) >= 11 is 0. The number of hydrogen-bond donors (Lipinski definition) is 2. The maximum atomic E-state index is 12.7. The SMILES string of the molecule is O=C(CCn1cncn1)N1CCCC(C2NNCC2Cc2ccccc2)C1. The first-order valence-electron chi connectivity index (χ1n) is 9.92. The van der Waals surface area contributed by atoms with Crippen molar-refractivity contribution in [1.29, 1.82) is 0 Å². The predicted octanol–water partition coefficient (Wildman–Crippen LogP) is 1.24. The molecule has 2 saturated heterocycles. The lowest BCUT2D eigenvalue weighted by Gasteiger charge is -2.37. The van der Waals surface area contributed by atoms with Crippen LogP contribution in [-0.2, 0) is 17.8 Å². The summed E-state index contributed by atoms with van der Waals surface area (Å²) < 4.78 is 1.72. The number of nitrogens with zero attached hydrogens (tertiary/aromatic N) is 4. The lowest BCUT2D eigenvalue weighted by atomic mass is 9.81. The summed E-state index contributed by atoms with van der Waals surface area (Å²) in [5.41, 5.74) is 8.24. The highest BCUT2D eigenvalue weighted by atomic mass is 16.2. The molecule has 0 bridgehead atoms. The predicted molar refractivity (Wildman–Crippen MR) is 103 cm³/mol. The topological polar surface area (TPSA) is 75.1 Å². The van der Waals surface area contributed by atoms with Gasteiger partial charge in [-0.25, -0.2) is 4.98 Å². The number of piperidine rings is 1. The molecule has 27 heavy (non-hydrogen) atoms. The third kappa shape index (κ3) is 4.54. The Balaban J connectivity index is 1.33. The second-order valence-corrected chi connectivity index (χ2v) is 7.65. The summed E-state index contributed by atoms with van der Waals surface area (Å²) in [6.07, 6.45) is 6.98. The first-order valence-corrected chi connectivity index (χ1v) is 9.92. The summed E-state index contributed by atoms with van der Waals surface area (Å²) in [4.78, 5) is 18.6. The van der Waals surface area contributed by atoms with E-state index in [1.165, 1.54) is 18.3 Å². The minimum Gasteiger partial charge on any atom is -0.342 e. The molecule has 1 aromatic carbocycles. The summed E-state index contributed by atoms with van der Waals surface area (Å²) in [6, 6.07) is 11.1. The quantitative estimate of drug-likeness (QED) is 0.803. The van der Waals surface area contributed by atoms with Crippen LogP contribution in [0.2, 0.25) is 0 Å². The Labute approximate surface area is 160 Å². The fourth-order valence-corrected chi connectivity index (χ4v) is 4.42. The van der Waals surface area contributed by atoms with E-state index in [0.29, 0.717) is 30.8 Å². The second kappa shape index (κ2) is 8.63. The summed E-state index contributed by atoms with van der Waals surface area (Å²) in [5, 5.41) is 4.08. The summed E-state index contributed by atoms with van der Waals surface area (Å²) in [5.74, 6) is 1.28. The number of hydrazine groups is 1. The van der Waals surface area contributed by atoms with E-state index in [1.807, 2.05) is 4.90 Å². The molecule has 144 valence electrons. The summed E-state index contributed by atoms with van der Waals surface area (Å²) in [7, 11) is 0. The number of hydrogen-bond acceptors (Lipinski definition) is 5. The van der Waals surface area contributed by atoms with Crippen molar-refractivity contribution in [3.63, 3.8) is 0 Å². The molecule has 3 atom stereocenters. The standard InChI is InChI=1S/C20H28N6O/c27-19(8-10-26-15-21-14-23-26)25-9-4-7-17(13-25)20-18(12-22-24-20)11-16-5-2-1-3-6-16/h1-3,5-6,14-15,17-18,20,22,24H,4,7-13H2. The molecule has 0 saturated carbocycles. The first-order chi connectivity index (χ1) is 13.3. The van der Waals surface area contributed by atoms with Crippen LogP contribution in [0.4, 0.5) is 0 Å². The van der Waals surface area contributed by atoms with Gasteiger partial charge in [0.2, 0.25) is 5.91 Å². The molecule has 2 fully saturated rings. The zero-order valence-electron chi connectivity index (χ0n) is 15.6. The van der Waals surface area contributed by atoms with E-state index in [1.54, 1.807) is 11.0 Å². The fourth-order valence-electron chi connectivity index (χ4n) is 4.42. The Hall–Kier alpha value is -2.25. The number of benzene rings is 1. The Kier molecular flexibility index (Phi) is 5.79. The van der Waals surface area contributed by atoms with Crippen LogP contribution in [0.3, 0.4) is 0 Å². The van der Waals surface area contributed by atoms with Crippen molar-refractivity contribution in [3.05, 3.63) is 48.5 Å². The van der Waals surface area contributed by atoms with Gasteiger partial charge in [-0.1, -0.05) is 30.3 Å². The van der Waals surface area contributed by atoms with E-state index in [9.17, 15) is 4.79 Å². The van der Waals surface area contributed by atoms with E-state index in [-0.39, 0.29) is 5.91 Å². The van der Waals surface area contributed by atoms with Gasteiger partial charge in [0.25, 0.3) is 0 Å². The second-order valence-electron chi connectivity index (χ2n) is 7.65. The van der Waals surface area contributed by atoms with Gasteiger partial charge in [0.1, 0.15) is 12.7 Å². The Morgan fingerprint density at radius 2 is 2.15 bits per heavy atom. The zero-order valence-corrected chi connectivity index (χ0v) is 15.6. The summed E-state index contributed by atoms with van der Waals surface area (Å²) in [6.45, 7) is 3.30. The highest BCUT2D eigenvalue weighted by Crippen LogP contribution is 2.28. The number of aryl methyl sites for hydroxylation is 1. The average Bonchev–Trinajstić information content (AvgIpc) is 3.39. The minimum absolute atomic E-state index is 0.223. The smallest absolute Gasteiger partial charge is 0.224 e. The van der Waals surface area contributed by atoms with Crippen molar-refractivity contribution in [1.82, 2.24) is 30.5 Å². The van der Waals surface area contributed by atoms with E-state index < -0.39 is 0 Å².